The Labute approximate surface area is 106 Å². The number of thiophene rings is 1. The summed E-state index contributed by atoms with van der Waals surface area (Å²) in [7, 11) is 0. The van der Waals surface area contributed by atoms with E-state index >= 15 is 0 Å². The molecule has 2 aromatic rings. The summed E-state index contributed by atoms with van der Waals surface area (Å²) in [6.07, 6.45) is 0. The van der Waals surface area contributed by atoms with Crippen molar-refractivity contribution in [3.8, 4) is 5.75 Å². The second-order valence-corrected chi connectivity index (χ2v) is 5.15. The van der Waals surface area contributed by atoms with Crippen LogP contribution in [0.3, 0.4) is 0 Å². The van der Waals surface area contributed by atoms with Gasteiger partial charge < -0.3 is 10.4 Å². The summed E-state index contributed by atoms with van der Waals surface area (Å²) in [6.45, 7) is 4.97. The number of nitrogens with one attached hydrogen (secondary N) is 1. The maximum atomic E-state index is 9.67. The van der Waals surface area contributed by atoms with E-state index in [0.29, 0.717) is 18.3 Å². The lowest BCUT2D eigenvalue weighted by atomic mass is 10.1. The molecule has 90 valence electrons. The monoisotopic (exact) mass is 247 g/mol. The Balaban J connectivity index is 2.00. The molecule has 1 unspecified atom stereocenters. The summed E-state index contributed by atoms with van der Waals surface area (Å²) in [4.78, 5) is 1.36. The number of hydrogen-bond donors (Lipinski definition) is 2. The van der Waals surface area contributed by atoms with Crippen LogP contribution in [0.1, 0.15) is 29.0 Å². The third-order valence-electron chi connectivity index (χ3n) is 2.89. The lowest BCUT2D eigenvalue weighted by Crippen LogP contribution is -2.17. The van der Waals surface area contributed by atoms with Crippen LogP contribution >= 0.6 is 11.3 Å². The normalized spacial score (nSPS) is 12.6. The molecule has 0 spiro atoms. The number of hydrogen-bond acceptors (Lipinski definition) is 3. The van der Waals surface area contributed by atoms with Crippen molar-refractivity contribution in [2.45, 2.75) is 26.4 Å². The van der Waals surface area contributed by atoms with E-state index in [4.69, 9.17) is 0 Å². The minimum absolute atomic E-state index is 0.314. The van der Waals surface area contributed by atoms with Crippen molar-refractivity contribution in [1.82, 2.24) is 5.32 Å². The minimum atomic E-state index is 0.314. The van der Waals surface area contributed by atoms with Crippen molar-refractivity contribution in [3.63, 3.8) is 0 Å². The first-order valence-corrected chi connectivity index (χ1v) is 6.60. The molecular weight excluding hydrogens is 230 g/mol. The van der Waals surface area contributed by atoms with E-state index in [0.717, 1.165) is 5.56 Å². The zero-order valence-electron chi connectivity index (χ0n) is 10.1. The van der Waals surface area contributed by atoms with Gasteiger partial charge in [-0.15, -0.1) is 11.3 Å². The number of aryl methyl sites for hydroxylation is 1. The number of phenols is 1. The topological polar surface area (TPSA) is 32.3 Å². The highest BCUT2D eigenvalue weighted by molar-refractivity contribution is 7.10. The summed E-state index contributed by atoms with van der Waals surface area (Å²) in [6, 6.07) is 9.89. The highest BCUT2D eigenvalue weighted by atomic mass is 32.1. The van der Waals surface area contributed by atoms with Crippen LogP contribution in [0, 0.1) is 6.92 Å². The standard InChI is InChI=1S/C14H17NOS/c1-10-7-8-17-14(10)11(2)15-9-12-5-3-4-6-13(12)16/h3-8,11,15-16H,9H2,1-2H3. The molecule has 0 fully saturated rings. The Bertz CT molecular complexity index is 492. The summed E-state index contributed by atoms with van der Waals surface area (Å²) in [5, 5.41) is 15.2. The summed E-state index contributed by atoms with van der Waals surface area (Å²) < 4.78 is 0. The van der Waals surface area contributed by atoms with E-state index in [-0.39, 0.29) is 0 Å². The number of rotatable bonds is 4. The van der Waals surface area contributed by atoms with Gasteiger partial charge in [0.25, 0.3) is 0 Å². The van der Waals surface area contributed by atoms with E-state index in [1.807, 2.05) is 18.2 Å². The molecule has 0 bridgehead atoms. The van der Waals surface area contributed by atoms with Crippen LogP contribution < -0.4 is 5.32 Å². The molecule has 2 N–H and O–H groups in total. The lowest BCUT2D eigenvalue weighted by Gasteiger charge is -2.14. The van der Waals surface area contributed by atoms with Crippen LogP contribution in [0.5, 0.6) is 5.75 Å². The third-order valence-corrected chi connectivity index (χ3v) is 4.09. The van der Waals surface area contributed by atoms with Crippen molar-refractivity contribution in [3.05, 3.63) is 51.7 Å². The second kappa shape index (κ2) is 5.34. The maximum Gasteiger partial charge on any atom is 0.120 e. The summed E-state index contributed by atoms with van der Waals surface area (Å²) >= 11 is 1.77. The molecule has 0 aliphatic rings. The lowest BCUT2D eigenvalue weighted by molar-refractivity contribution is 0.460. The van der Waals surface area contributed by atoms with Crippen molar-refractivity contribution < 1.29 is 5.11 Å². The fourth-order valence-electron chi connectivity index (χ4n) is 1.84. The molecule has 0 saturated carbocycles. The Hall–Kier alpha value is -1.32. The summed E-state index contributed by atoms with van der Waals surface area (Å²) in [5.74, 6) is 0.357. The molecule has 17 heavy (non-hydrogen) atoms. The molecule has 3 heteroatoms. The van der Waals surface area contributed by atoms with E-state index in [1.165, 1.54) is 10.4 Å². The van der Waals surface area contributed by atoms with Crippen LogP contribution in [0.2, 0.25) is 0 Å². The molecule has 1 heterocycles. The highest BCUT2D eigenvalue weighted by Gasteiger charge is 2.09. The number of benzene rings is 1. The highest BCUT2D eigenvalue weighted by Crippen LogP contribution is 2.24. The molecule has 0 aliphatic carbocycles. The molecule has 2 rings (SSSR count). The molecule has 1 atom stereocenters. The van der Waals surface area contributed by atoms with Gasteiger partial charge in [-0.1, -0.05) is 18.2 Å². The quantitative estimate of drug-likeness (QED) is 0.865. The molecule has 1 aromatic heterocycles. The van der Waals surface area contributed by atoms with Crippen LogP contribution in [0.4, 0.5) is 0 Å². The van der Waals surface area contributed by atoms with E-state index in [1.54, 1.807) is 17.4 Å². The molecular formula is C14H17NOS. The van der Waals surface area contributed by atoms with Crippen LogP contribution in [0.25, 0.3) is 0 Å². The van der Waals surface area contributed by atoms with Gasteiger partial charge in [0.2, 0.25) is 0 Å². The first kappa shape index (κ1) is 12.1. The minimum Gasteiger partial charge on any atom is -0.508 e. The van der Waals surface area contributed by atoms with Gasteiger partial charge >= 0.3 is 0 Å². The van der Waals surface area contributed by atoms with Gasteiger partial charge in [-0.25, -0.2) is 0 Å². The van der Waals surface area contributed by atoms with Crippen molar-refractivity contribution >= 4 is 11.3 Å². The van der Waals surface area contributed by atoms with Crippen molar-refractivity contribution in [2.24, 2.45) is 0 Å². The second-order valence-electron chi connectivity index (χ2n) is 4.20. The van der Waals surface area contributed by atoms with Gasteiger partial charge in [0.1, 0.15) is 5.75 Å². The largest absolute Gasteiger partial charge is 0.508 e. The molecule has 2 nitrogen and oxygen atoms in total. The van der Waals surface area contributed by atoms with Gasteiger partial charge in [0, 0.05) is 23.0 Å². The van der Waals surface area contributed by atoms with E-state index < -0.39 is 0 Å². The van der Waals surface area contributed by atoms with E-state index in [9.17, 15) is 5.11 Å². The number of aromatic hydroxyl groups is 1. The Kier molecular flexibility index (Phi) is 3.82. The van der Waals surface area contributed by atoms with Crippen LogP contribution in [-0.4, -0.2) is 5.11 Å². The van der Waals surface area contributed by atoms with Crippen LogP contribution in [0.15, 0.2) is 35.7 Å². The van der Waals surface area contributed by atoms with Crippen molar-refractivity contribution in [2.75, 3.05) is 0 Å². The number of phenolic OH excluding ortho intramolecular Hbond substituents is 1. The van der Waals surface area contributed by atoms with Gasteiger partial charge in [0.15, 0.2) is 0 Å². The zero-order valence-corrected chi connectivity index (χ0v) is 10.9. The molecule has 0 amide bonds. The van der Waals surface area contributed by atoms with Gasteiger partial charge in [-0.05, 0) is 36.9 Å². The molecule has 0 saturated heterocycles. The van der Waals surface area contributed by atoms with E-state index in [2.05, 4.69) is 30.6 Å². The summed E-state index contributed by atoms with van der Waals surface area (Å²) in [5.41, 5.74) is 2.26. The third kappa shape index (κ3) is 2.87. The zero-order chi connectivity index (χ0) is 12.3. The first-order valence-electron chi connectivity index (χ1n) is 5.72. The van der Waals surface area contributed by atoms with Crippen LogP contribution in [-0.2, 0) is 6.54 Å². The fourth-order valence-corrected chi connectivity index (χ4v) is 2.80. The maximum absolute atomic E-state index is 9.67. The average molecular weight is 247 g/mol. The predicted molar refractivity (Wildman–Crippen MR) is 72.4 cm³/mol. The SMILES string of the molecule is Cc1ccsc1C(C)NCc1ccccc1O. The first-order chi connectivity index (χ1) is 8.18. The van der Waals surface area contributed by atoms with Crippen molar-refractivity contribution in [1.29, 1.82) is 0 Å². The Morgan fingerprint density at radius 1 is 1.29 bits per heavy atom. The van der Waals surface area contributed by atoms with Gasteiger partial charge in [-0.2, -0.15) is 0 Å². The smallest absolute Gasteiger partial charge is 0.120 e. The fraction of sp³-hybridized carbons (Fsp3) is 0.286. The molecule has 0 radical (unpaired) electrons. The molecule has 1 aromatic carbocycles. The number of para-hydroxylation sites is 1. The Morgan fingerprint density at radius 2 is 2.06 bits per heavy atom. The predicted octanol–water partition coefficient (Wildman–Crippen LogP) is 3.61. The average Bonchev–Trinajstić information content (AvgIpc) is 2.74. The Morgan fingerprint density at radius 3 is 2.71 bits per heavy atom. The molecule has 0 aliphatic heterocycles. The van der Waals surface area contributed by atoms with Gasteiger partial charge in [0.05, 0.1) is 0 Å². The van der Waals surface area contributed by atoms with Gasteiger partial charge in [-0.3, -0.25) is 0 Å².